The van der Waals surface area contributed by atoms with Crippen LogP contribution in [0.5, 0.6) is 0 Å². The molecule has 0 spiro atoms. The van der Waals surface area contributed by atoms with Crippen molar-refractivity contribution in [1.82, 2.24) is 9.97 Å². The second-order valence-electron chi connectivity index (χ2n) is 5.82. The van der Waals surface area contributed by atoms with Crippen LogP contribution in [-0.4, -0.2) is 15.9 Å². The molecule has 0 unspecified atom stereocenters. The average Bonchev–Trinajstić information content (AvgIpc) is 3.31. The van der Waals surface area contributed by atoms with E-state index in [0.717, 1.165) is 21.8 Å². The second-order valence-corrected chi connectivity index (χ2v) is 6.72. The van der Waals surface area contributed by atoms with Gasteiger partial charge in [-0.15, -0.1) is 11.3 Å². The number of thiazole rings is 1. The first-order valence-corrected chi connectivity index (χ1v) is 9.02. The van der Waals surface area contributed by atoms with Gasteiger partial charge in [-0.05, 0) is 42.3 Å². The van der Waals surface area contributed by atoms with Crippen molar-refractivity contribution in [3.05, 3.63) is 71.9 Å². The molecule has 25 heavy (non-hydrogen) atoms. The smallest absolute Gasteiger partial charge is 0.224 e. The summed E-state index contributed by atoms with van der Waals surface area (Å²) in [4.78, 5) is 19.8. The lowest BCUT2D eigenvalue weighted by molar-refractivity contribution is -0.116. The summed E-state index contributed by atoms with van der Waals surface area (Å²) in [5, 5.41) is 7.08. The highest BCUT2D eigenvalue weighted by Gasteiger charge is 2.07. The van der Waals surface area contributed by atoms with E-state index in [2.05, 4.69) is 21.4 Å². The van der Waals surface area contributed by atoms with Crippen LogP contribution in [-0.2, 0) is 11.2 Å². The first kappa shape index (κ1) is 15.6. The van der Waals surface area contributed by atoms with Crippen molar-refractivity contribution in [2.24, 2.45) is 0 Å². The van der Waals surface area contributed by atoms with Crippen molar-refractivity contribution < 1.29 is 4.79 Å². The van der Waals surface area contributed by atoms with E-state index in [1.165, 1.54) is 10.9 Å². The fourth-order valence-corrected chi connectivity index (χ4v) is 3.52. The zero-order valence-electron chi connectivity index (χ0n) is 13.5. The van der Waals surface area contributed by atoms with Crippen LogP contribution in [0.4, 0.5) is 5.69 Å². The van der Waals surface area contributed by atoms with Gasteiger partial charge in [0.2, 0.25) is 5.91 Å². The number of anilines is 1. The number of hydrogen-bond acceptors (Lipinski definition) is 3. The van der Waals surface area contributed by atoms with Gasteiger partial charge in [0.15, 0.2) is 0 Å². The number of para-hydroxylation sites is 1. The lowest BCUT2D eigenvalue weighted by atomic mass is 10.1. The van der Waals surface area contributed by atoms with Crippen LogP contribution >= 0.6 is 11.3 Å². The Bertz CT molecular complexity index is 987. The highest BCUT2D eigenvalue weighted by molar-refractivity contribution is 7.13. The van der Waals surface area contributed by atoms with E-state index >= 15 is 0 Å². The number of nitrogens with one attached hydrogen (secondary N) is 2. The van der Waals surface area contributed by atoms with Gasteiger partial charge in [-0.3, -0.25) is 4.79 Å². The SMILES string of the molecule is O=C(CCc1c[nH]c2ccccc12)Nc1ccc(-c2nccs2)cc1. The topological polar surface area (TPSA) is 57.8 Å². The Morgan fingerprint density at radius 2 is 1.96 bits per heavy atom. The Labute approximate surface area is 149 Å². The molecule has 2 N–H and O–H groups in total. The zero-order chi connectivity index (χ0) is 17.1. The number of hydrogen-bond donors (Lipinski definition) is 2. The first-order chi connectivity index (χ1) is 12.3. The van der Waals surface area contributed by atoms with Crippen LogP contribution in [0.2, 0.25) is 0 Å². The molecule has 4 nitrogen and oxygen atoms in total. The number of carbonyl (C=O) groups is 1. The van der Waals surface area contributed by atoms with E-state index in [0.29, 0.717) is 12.8 Å². The largest absolute Gasteiger partial charge is 0.361 e. The summed E-state index contributed by atoms with van der Waals surface area (Å²) in [6.45, 7) is 0. The van der Waals surface area contributed by atoms with Gasteiger partial charge in [-0.25, -0.2) is 4.98 Å². The van der Waals surface area contributed by atoms with Crippen molar-refractivity contribution in [3.8, 4) is 10.6 Å². The van der Waals surface area contributed by atoms with Gasteiger partial charge < -0.3 is 10.3 Å². The maximum Gasteiger partial charge on any atom is 0.224 e. The zero-order valence-corrected chi connectivity index (χ0v) is 14.3. The molecule has 0 fully saturated rings. The van der Waals surface area contributed by atoms with E-state index in [-0.39, 0.29) is 5.91 Å². The standard InChI is InChI=1S/C20H17N3OS/c24-19(10-7-15-13-22-18-4-2-1-3-17(15)18)23-16-8-5-14(6-9-16)20-21-11-12-25-20/h1-6,8-9,11-13,22H,7,10H2,(H,23,24). The van der Waals surface area contributed by atoms with E-state index in [1.54, 1.807) is 17.5 Å². The number of aromatic nitrogens is 2. The molecule has 0 aliphatic carbocycles. The molecule has 4 rings (SSSR count). The van der Waals surface area contributed by atoms with Crippen molar-refractivity contribution in [2.75, 3.05) is 5.32 Å². The number of H-pyrrole nitrogens is 1. The van der Waals surface area contributed by atoms with Gasteiger partial charge in [0.25, 0.3) is 0 Å². The quantitative estimate of drug-likeness (QED) is 0.541. The number of amides is 1. The molecule has 0 saturated carbocycles. The maximum atomic E-state index is 12.2. The monoisotopic (exact) mass is 347 g/mol. The molecule has 2 heterocycles. The molecule has 0 aliphatic rings. The molecule has 2 aromatic carbocycles. The summed E-state index contributed by atoms with van der Waals surface area (Å²) >= 11 is 1.60. The number of rotatable bonds is 5. The number of nitrogens with zero attached hydrogens (tertiary/aromatic N) is 1. The molecule has 0 atom stereocenters. The van der Waals surface area contributed by atoms with Gasteiger partial charge in [0, 0.05) is 46.3 Å². The Kier molecular flexibility index (Phi) is 4.31. The maximum absolute atomic E-state index is 12.2. The summed E-state index contributed by atoms with van der Waals surface area (Å²) < 4.78 is 0. The molecule has 5 heteroatoms. The predicted molar refractivity (Wildman–Crippen MR) is 103 cm³/mol. The summed E-state index contributed by atoms with van der Waals surface area (Å²) in [6.07, 6.45) is 4.95. The highest BCUT2D eigenvalue weighted by atomic mass is 32.1. The predicted octanol–water partition coefficient (Wildman–Crippen LogP) is 4.86. The van der Waals surface area contributed by atoms with Crippen molar-refractivity contribution >= 4 is 33.8 Å². The van der Waals surface area contributed by atoms with Crippen molar-refractivity contribution in [3.63, 3.8) is 0 Å². The first-order valence-electron chi connectivity index (χ1n) is 8.14. The molecule has 2 aromatic heterocycles. The molecule has 0 bridgehead atoms. The van der Waals surface area contributed by atoms with Crippen LogP contribution in [0, 0.1) is 0 Å². The van der Waals surface area contributed by atoms with E-state index in [4.69, 9.17) is 0 Å². The minimum absolute atomic E-state index is 0.0206. The Morgan fingerprint density at radius 1 is 1.12 bits per heavy atom. The lowest BCUT2D eigenvalue weighted by Crippen LogP contribution is -2.12. The molecular weight excluding hydrogens is 330 g/mol. The van der Waals surface area contributed by atoms with Gasteiger partial charge in [-0.2, -0.15) is 0 Å². The third kappa shape index (κ3) is 3.46. The summed E-state index contributed by atoms with van der Waals surface area (Å²) in [5.74, 6) is 0.0206. The molecule has 0 saturated heterocycles. The minimum atomic E-state index is 0.0206. The van der Waals surface area contributed by atoms with Crippen molar-refractivity contribution in [1.29, 1.82) is 0 Å². The molecular formula is C20H17N3OS. The fraction of sp³-hybridized carbons (Fsp3) is 0.100. The summed E-state index contributed by atoms with van der Waals surface area (Å²) in [6, 6.07) is 15.9. The second kappa shape index (κ2) is 6.91. The fourth-order valence-electron chi connectivity index (χ4n) is 2.87. The number of benzene rings is 2. The third-order valence-corrected chi connectivity index (χ3v) is 4.97. The third-order valence-electron chi connectivity index (χ3n) is 4.14. The molecule has 0 aliphatic heterocycles. The number of carbonyl (C=O) groups excluding carboxylic acids is 1. The van der Waals surface area contributed by atoms with Crippen LogP contribution in [0.3, 0.4) is 0 Å². The van der Waals surface area contributed by atoms with Crippen LogP contribution in [0.15, 0.2) is 66.3 Å². The van der Waals surface area contributed by atoms with Crippen LogP contribution in [0.25, 0.3) is 21.5 Å². The molecule has 4 aromatic rings. The highest BCUT2D eigenvalue weighted by Crippen LogP contribution is 2.23. The Balaban J connectivity index is 1.37. The number of fused-ring (bicyclic) bond motifs is 1. The number of aromatic amines is 1. The minimum Gasteiger partial charge on any atom is -0.361 e. The molecule has 0 radical (unpaired) electrons. The Hall–Kier alpha value is -2.92. The lowest BCUT2D eigenvalue weighted by Gasteiger charge is -2.06. The molecule has 1 amide bonds. The van der Waals surface area contributed by atoms with Gasteiger partial charge in [-0.1, -0.05) is 18.2 Å². The van der Waals surface area contributed by atoms with E-state index in [9.17, 15) is 4.79 Å². The van der Waals surface area contributed by atoms with Gasteiger partial charge in [0.1, 0.15) is 5.01 Å². The summed E-state index contributed by atoms with van der Waals surface area (Å²) in [5.41, 5.74) is 4.15. The van der Waals surface area contributed by atoms with Gasteiger partial charge in [0.05, 0.1) is 0 Å². The van der Waals surface area contributed by atoms with E-state index < -0.39 is 0 Å². The summed E-state index contributed by atoms with van der Waals surface area (Å²) in [7, 11) is 0. The number of aryl methyl sites for hydroxylation is 1. The van der Waals surface area contributed by atoms with Crippen LogP contribution < -0.4 is 5.32 Å². The Morgan fingerprint density at radius 3 is 2.76 bits per heavy atom. The van der Waals surface area contributed by atoms with Gasteiger partial charge >= 0.3 is 0 Å². The van der Waals surface area contributed by atoms with E-state index in [1.807, 2.05) is 54.0 Å². The normalized spacial score (nSPS) is 10.9. The van der Waals surface area contributed by atoms with Crippen LogP contribution in [0.1, 0.15) is 12.0 Å². The average molecular weight is 347 g/mol. The van der Waals surface area contributed by atoms with Crippen molar-refractivity contribution in [2.45, 2.75) is 12.8 Å². The molecule has 124 valence electrons.